The molecule has 1 aromatic rings. The molecule has 1 N–H and O–H groups in total. The van der Waals surface area contributed by atoms with E-state index in [-0.39, 0.29) is 24.8 Å². The highest BCUT2D eigenvalue weighted by Crippen LogP contribution is 2.39. The zero-order valence-corrected chi connectivity index (χ0v) is 20.4. The van der Waals surface area contributed by atoms with Gasteiger partial charge in [0.1, 0.15) is 11.4 Å². The van der Waals surface area contributed by atoms with Crippen LogP contribution in [0.25, 0.3) is 5.57 Å². The number of hydrogen-bond donors (Lipinski definition) is 1. The number of rotatable bonds is 1. The fraction of sp³-hybridized carbons (Fsp3) is 0.600. The van der Waals surface area contributed by atoms with Crippen LogP contribution in [-0.4, -0.2) is 59.9 Å². The third-order valence-corrected chi connectivity index (χ3v) is 6.44. The van der Waals surface area contributed by atoms with E-state index in [2.05, 4.69) is 5.32 Å². The predicted octanol–water partition coefficient (Wildman–Crippen LogP) is 4.79. The molecule has 0 spiro atoms. The number of amides is 2. The van der Waals surface area contributed by atoms with Crippen LogP contribution in [-0.2, 0) is 14.3 Å². The van der Waals surface area contributed by atoms with Gasteiger partial charge in [-0.05, 0) is 64.5 Å². The number of allylic oxidation sites excluding steroid dienone is 1. The summed E-state index contributed by atoms with van der Waals surface area (Å²) in [6.07, 6.45) is -1.89. The summed E-state index contributed by atoms with van der Waals surface area (Å²) in [6, 6.07) is -0.281. The van der Waals surface area contributed by atoms with Gasteiger partial charge in [0, 0.05) is 18.2 Å². The lowest BCUT2D eigenvalue weighted by Crippen LogP contribution is -2.62. The third-order valence-electron chi connectivity index (χ3n) is 6.44. The van der Waals surface area contributed by atoms with Crippen molar-refractivity contribution < 1.29 is 41.4 Å². The number of nitrogens with zero attached hydrogens (tertiary/aromatic N) is 1. The second kappa shape index (κ2) is 9.91. The summed E-state index contributed by atoms with van der Waals surface area (Å²) in [4.78, 5) is 26.4. The molecule has 36 heavy (non-hydrogen) atoms. The van der Waals surface area contributed by atoms with Crippen molar-refractivity contribution in [1.29, 1.82) is 0 Å². The Morgan fingerprint density at radius 2 is 1.97 bits per heavy atom. The van der Waals surface area contributed by atoms with Crippen LogP contribution in [0.15, 0.2) is 18.2 Å². The standard InChI is InChI=1S/C25H30F4N2O5/c1-24(2,3)36-23(33)30-19-5-4-10-31-20(19)13-34-16-8-6-14(7-9-16)17-11-15(26)12-18(27)21(17)35-25(28,29)22(31)32/h6,11-12,16,19-20H,4-5,7-10,13H2,1-3H3,(H,30,33)/t16?,19-,20-/m0/s1. The Morgan fingerprint density at radius 3 is 2.64 bits per heavy atom. The minimum atomic E-state index is -4.45. The monoisotopic (exact) mass is 514 g/mol. The summed E-state index contributed by atoms with van der Waals surface area (Å²) < 4.78 is 75.1. The Morgan fingerprint density at radius 1 is 1.22 bits per heavy atom. The number of alkyl halides is 2. The molecule has 3 atom stereocenters. The van der Waals surface area contributed by atoms with E-state index < -0.39 is 53.2 Å². The molecule has 3 aliphatic heterocycles. The van der Waals surface area contributed by atoms with Crippen LogP contribution in [0.5, 0.6) is 5.75 Å². The number of ether oxygens (including phenoxy) is 3. The van der Waals surface area contributed by atoms with E-state index in [1.807, 2.05) is 0 Å². The van der Waals surface area contributed by atoms with Crippen LogP contribution in [0.3, 0.4) is 0 Å². The largest absolute Gasteiger partial charge is 0.482 e. The smallest absolute Gasteiger partial charge is 0.444 e. The Hall–Kier alpha value is -2.82. The van der Waals surface area contributed by atoms with Crippen molar-refractivity contribution in [2.75, 3.05) is 13.2 Å². The van der Waals surface area contributed by atoms with Gasteiger partial charge in [-0.25, -0.2) is 13.6 Å². The molecule has 5 rings (SSSR count). The fourth-order valence-electron chi connectivity index (χ4n) is 4.82. The van der Waals surface area contributed by atoms with E-state index in [4.69, 9.17) is 14.2 Å². The van der Waals surface area contributed by atoms with Crippen LogP contribution >= 0.6 is 0 Å². The zero-order chi connectivity index (χ0) is 26.3. The van der Waals surface area contributed by atoms with E-state index >= 15 is 8.78 Å². The molecule has 1 aliphatic carbocycles. The molecule has 0 saturated carbocycles. The molecule has 198 valence electrons. The molecule has 1 fully saturated rings. The molecule has 0 radical (unpaired) electrons. The van der Waals surface area contributed by atoms with E-state index in [9.17, 15) is 18.4 Å². The van der Waals surface area contributed by atoms with Crippen LogP contribution in [0.1, 0.15) is 58.4 Å². The zero-order valence-electron chi connectivity index (χ0n) is 20.4. The first-order valence-corrected chi connectivity index (χ1v) is 12.0. The molecule has 7 nitrogen and oxygen atoms in total. The van der Waals surface area contributed by atoms with E-state index in [0.717, 1.165) is 11.0 Å². The molecule has 3 heterocycles. The number of fused-ring (bicyclic) bond motifs is 5. The number of alkyl carbamates (subject to hydrolysis) is 1. The molecule has 2 bridgehead atoms. The SMILES string of the molecule is CC(C)(C)OC(=O)N[C@H]1CCCN2C(=O)C(F)(F)Oc3c(F)cc(F)cc3C3=CCC(CC3)OC[C@@H]12. The lowest BCUT2D eigenvalue weighted by atomic mass is 9.91. The summed E-state index contributed by atoms with van der Waals surface area (Å²) in [6.45, 7) is 4.93. The molecule has 0 aromatic heterocycles. The summed E-state index contributed by atoms with van der Waals surface area (Å²) >= 11 is 0. The highest BCUT2D eigenvalue weighted by molar-refractivity contribution is 5.83. The van der Waals surface area contributed by atoms with Crippen molar-refractivity contribution in [2.45, 2.75) is 82.8 Å². The van der Waals surface area contributed by atoms with Gasteiger partial charge in [0.25, 0.3) is 0 Å². The average molecular weight is 515 g/mol. The number of hydrogen-bond acceptors (Lipinski definition) is 5. The van der Waals surface area contributed by atoms with Gasteiger partial charge in [0.2, 0.25) is 0 Å². The highest BCUT2D eigenvalue weighted by Gasteiger charge is 2.51. The number of carbonyl (C=O) groups is 2. The van der Waals surface area contributed by atoms with Gasteiger partial charge >= 0.3 is 18.1 Å². The van der Waals surface area contributed by atoms with Gasteiger partial charge in [0.05, 0.1) is 24.8 Å². The molecule has 11 heteroatoms. The highest BCUT2D eigenvalue weighted by atomic mass is 19.3. The fourth-order valence-corrected chi connectivity index (χ4v) is 4.82. The van der Waals surface area contributed by atoms with E-state index in [1.165, 1.54) is 0 Å². The number of halogens is 4. The van der Waals surface area contributed by atoms with Gasteiger partial charge in [-0.2, -0.15) is 8.78 Å². The summed E-state index contributed by atoms with van der Waals surface area (Å²) in [7, 11) is 0. The topological polar surface area (TPSA) is 77.1 Å². The summed E-state index contributed by atoms with van der Waals surface area (Å²) in [5, 5.41) is 2.69. The van der Waals surface area contributed by atoms with Crippen molar-refractivity contribution in [3.8, 4) is 5.75 Å². The van der Waals surface area contributed by atoms with Crippen LogP contribution in [0, 0.1) is 11.6 Å². The third kappa shape index (κ3) is 5.77. The van der Waals surface area contributed by atoms with Gasteiger partial charge in [-0.1, -0.05) is 6.08 Å². The van der Waals surface area contributed by atoms with Crippen LogP contribution in [0.2, 0.25) is 0 Å². The molecule has 1 unspecified atom stereocenters. The number of piperidine rings is 1. The van der Waals surface area contributed by atoms with E-state index in [1.54, 1.807) is 26.8 Å². The van der Waals surface area contributed by atoms with Gasteiger partial charge in [-0.3, -0.25) is 4.79 Å². The van der Waals surface area contributed by atoms with Crippen molar-refractivity contribution in [3.05, 3.63) is 35.4 Å². The normalized spacial score (nSPS) is 26.3. The van der Waals surface area contributed by atoms with E-state index in [0.29, 0.717) is 43.7 Å². The summed E-state index contributed by atoms with van der Waals surface area (Å²) in [5.74, 6) is -4.84. The molecule has 1 aromatic carbocycles. The Kier molecular flexibility index (Phi) is 7.23. The second-order valence-electron chi connectivity index (χ2n) is 10.3. The van der Waals surface area contributed by atoms with Crippen molar-refractivity contribution in [1.82, 2.24) is 10.2 Å². The Balaban J connectivity index is 1.69. The maximum atomic E-state index is 15.2. The molecular formula is C25H30F4N2O5. The quantitative estimate of drug-likeness (QED) is 0.546. The lowest BCUT2D eigenvalue weighted by molar-refractivity contribution is -0.209. The molecule has 4 aliphatic rings. The van der Waals surface area contributed by atoms with Gasteiger partial charge < -0.3 is 24.4 Å². The predicted molar refractivity (Wildman–Crippen MR) is 121 cm³/mol. The first-order chi connectivity index (χ1) is 16.8. The maximum absolute atomic E-state index is 15.2. The number of nitrogens with one attached hydrogen (secondary N) is 1. The van der Waals surface area contributed by atoms with Crippen molar-refractivity contribution >= 4 is 17.6 Å². The minimum Gasteiger partial charge on any atom is -0.444 e. The van der Waals surface area contributed by atoms with Gasteiger partial charge in [0.15, 0.2) is 11.6 Å². The first kappa shape index (κ1) is 26.2. The lowest BCUT2D eigenvalue weighted by Gasteiger charge is -2.42. The Bertz CT molecular complexity index is 1060. The number of benzene rings is 1. The van der Waals surface area contributed by atoms with Gasteiger partial charge in [-0.15, -0.1) is 0 Å². The first-order valence-electron chi connectivity index (χ1n) is 12.0. The molecular weight excluding hydrogens is 484 g/mol. The number of carbonyl (C=O) groups excluding carboxylic acids is 2. The Labute approximate surface area is 206 Å². The van der Waals surface area contributed by atoms with Crippen LogP contribution in [0.4, 0.5) is 22.4 Å². The van der Waals surface area contributed by atoms with Crippen LogP contribution < -0.4 is 10.1 Å². The maximum Gasteiger partial charge on any atom is 0.482 e. The van der Waals surface area contributed by atoms with Crippen molar-refractivity contribution in [2.24, 2.45) is 0 Å². The molecule has 1 saturated heterocycles. The minimum absolute atomic E-state index is 0.0365. The average Bonchev–Trinajstić information content (AvgIpc) is 2.78. The second-order valence-corrected chi connectivity index (χ2v) is 10.3. The summed E-state index contributed by atoms with van der Waals surface area (Å²) in [5.41, 5.74) is -0.496. The van der Waals surface area contributed by atoms with Crippen molar-refractivity contribution in [3.63, 3.8) is 0 Å². The molecule has 2 amide bonds.